The summed E-state index contributed by atoms with van der Waals surface area (Å²) in [7, 11) is 1.30. The molecule has 0 radical (unpaired) electrons. The molecule has 1 N–H and O–H groups in total. The van der Waals surface area contributed by atoms with Crippen LogP contribution in [-0.2, 0) is 9.53 Å². The molecule has 1 aromatic rings. The fourth-order valence-corrected chi connectivity index (χ4v) is 2.21. The Morgan fingerprint density at radius 3 is 2.82 bits per heavy atom. The number of carbonyl (C=O) groups excluding carboxylic acids is 1. The van der Waals surface area contributed by atoms with E-state index in [4.69, 9.17) is 0 Å². The van der Waals surface area contributed by atoms with Crippen molar-refractivity contribution in [3.63, 3.8) is 0 Å². The first-order chi connectivity index (χ1) is 8.13. The van der Waals surface area contributed by atoms with Gasteiger partial charge in [0.1, 0.15) is 11.6 Å². The number of benzene rings is 1. The second kappa shape index (κ2) is 4.79. The number of nitrogens with one attached hydrogen (secondary N) is 1. The monoisotopic (exact) mass is 241 g/mol. The highest BCUT2D eigenvalue weighted by molar-refractivity contribution is 5.74. The number of hydrogen-bond donors (Lipinski definition) is 1. The van der Waals surface area contributed by atoms with Crippen LogP contribution in [0.2, 0.25) is 0 Å². The molecule has 0 saturated carbocycles. The third-order valence-corrected chi connectivity index (χ3v) is 3.08. The lowest BCUT2D eigenvalue weighted by molar-refractivity contribution is -0.145. The van der Waals surface area contributed by atoms with Crippen LogP contribution in [0.25, 0.3) is 0 Å². The predicted octanol–water partition coefficient (Wildman–Crippen LogP) is 1.44. The van der Waals surface area contributed by atoms with E-state index in [0.29, 0.717) is 18.7 Å². The van der Waals surface area contributed by atoms with Crippen molar-refractivity contribution in [3.8, 4) is 0 Å². The molecular weight excluding hydrogens is 228 g/mol. The van der Waals surface area contributed by atoms with Gasteiger partial charge in [0.2, 0.25) is 0 Å². The van der Waals surface area contributed by atoms with Gasteiger partial charge in [0, 0.05) is 25.1 Å². The summed E-state index contributed by atoms with van der Waals surface area (Å²) >= 11 is 0. The lowest BCUT2D eigenvalue weighted by atomic mass is 9.88. The Hall–Kier alpha value is -1.49. The summed E-state index contributed by atoms with van der Waals surface area (Å²) in [6.45, 7) is 0.941. The SMILES string of the molecule is COC(=O)[C@H]1CNC[C@H]1c1ccc(F)cc1F. The third kappa shape index (κ3) is 2.29. The summed E-state index contributed by atoms with van der Waals surface area (Å²) in [5.74, 6) is -2.33. The highest BCUT2D eigenvalue weighted by atomic mass is 19.1. The van der Waals surface area contributed by atoms with Gasteiger partial charge in [-0.25, -0.2) is 8.78 Å². The van der Waals surface area contributed by atoms with E-state index in [-0.39, 0.29) is 11.9 Å². The molecule has 1 heterocycles. The van der Waals surface area contributed by atoms with Crippen LogP contribution >= 0.6 is 0 Å². The topological polar surface area (TPSA) is 38.3 Å². The molecule has 0 spiro atoms. The van der Waals surface area contributed by atoms with Crippen LogP contribution in [-0.4, -0.2) is 26.2 Å². The van der Waals surface area contributed by atoms with Gasteiger partial charge in [0.25, 0.3) is 0 Å². The second-order valence-corrected chi connectivity index (χ2v) is 4.06. The van der Waals surface area contributed by atoms with Crippen molar-refractivity contribution in [2.24, 2.45) is 5.92 Å². The molecule has 0 aromatic heterocycles. The molecule has 1 aliphatic rings. The number of rotatable bonds is 2. The van der Waals surface area contributed by atoms with Crippen molar-refractivity contribution in [1.29, 1.82) is 0 Å². The minimum Gasteiger partial charge on any atom is -0.469 e. The van der Waals surface area contributed by atoms with Gasteiger partial charge in [0.05, 0.1) is 13.0 Å². The van der Waals surface area contributed by atoms with E-state index >= 15 is 0 Å². The molecule has 3 nitrogen and oxygen atoms in total. The zero-order chi connectivity index (χ0) is 12.4. The smallest absolute Gasteiger partial charge is 0.310 e. The van der Waals surface area contributed by atoms with Gasteiger partial charge in [-0.3, -0.25) is 4.79 Å². The van der Waals surface area contributed by atoms with Crippen molar-refractivity contribution in [3.05, 3.63) is 35.4 Å². The Morgan fingerprint density at radius 1 is 1.41 bits per heavy atom. The Bertz CT molecular complexity index is 437. The van der Waals surface area contributed by atoms with E-state index in [1.165, 1.54) is 19.2 Å². The molecule has 92 valence electrons. The third-order valence-electron chi connectivity index (χ3n) is 3.08. The Kier molecular flexibility index (Phi) is 3.38. The minimum atomic E-state index is -0.619. The molecule has 0 bridgehead atoms. The first-order valence-electron chi connectivity index (χ1n) is 5.37. The van der Waals surface area contributed by atoms with Crippen molar-refractivity contribution in [2.75, 3.05) is 20.2 Å². The molecule has 1 aromatic carbocycles. The fourth-order valence-electron chi connectivity index (χ4n) is 2.21. The van der Waals surface area contributed by atoms with E-state index in [1.807, 2.05) is 0 Å². The van der Waals surface area contributed by atoms with Gasteiger partial charge >= 0.3 is 5.97 Å². The molecule has 1 aliphatic heterocycles. The summed E-state index contributed by atoms with van der Waals surface area (Å²) < 4.78 is 31.1. The summed E-state index contributed by atoms with van der Waals surface area (Å²) in [5.41, 5.74) is 0.354. The molecule has 1 saturated heterocycles. The van der Waals surface area contributed by atoms with Crippen LogP contribution in [0.5, 0.6) is 0 Å². The quantitative estimate of drug-likeness (QED) is 0.796. The largest absolute Gasteiger partial charge is 0.469 e. The number of methoxy groups -OCH3 is 1. The zero-order valence-electron chi connectivity index (χ0n) is 9.37. The summed E-state index contributed by atoms with van der Waals surface area (Å²) in [6.07, 6.45) is 0. The molecular formula is C12H13F2NO2. The highest BCUT2D eigenvalue weighted by Crippen LogP contribution is 2.30. The Labute approximate surface area is 97.8 Å². The second-order valence-electron chi connectivity index (χ2n) is 4.06. The van der Waals surface area contributed by atoms with E-state index in [2.05, 4.69) is 10.1 Å². The van der Waals surface area contributed by atoms with Gasteiger partial charge in [-0.2, -0.15) is 0 Å². The van der Waals surface area contributed by atoms with Crippen molar-refractivity contribution < 1.29 is 18.3 Å². The number of ether oxygens (including phenoxy) is 1. The molecule has 17 heavy (non-hydrogen) atoms. The van der Waals surface area contributed by atoms with Gasteiger partial charge in [-0.1, -0.05) is 6.07 Å². The molecule has 0 aliphatic carbocycles. The number of esters is 1. The molecule has 1 fully saturated rings. The summed E-state index contributed by atoms with van der Waals surface area (Å²) in [4.78, 5) is 11.5. The number of halogens is 2. The van der Waals surface area contributed by atoms with E-state index in [9.17, 15) is 13.6 Å². The Morgan fingerprint density at radius 2 is 2.18 bits per heavy atom. The summed E-state index contributed by atoms with van der Waals surface area (Å²) in [6, 6.07) is 3.42. The van der Waals surface area contributed by atoms with Crippen molar-refractivity contribution in [1.82, 2.24) is 5.32 Å². The lowest BCUT2D eigenvalue weighted by Crippen LogP contribution is -2.23. The first-order valence-corrected chi connectivity index (χ1v) is 5.37. The standard InChI is InChI=1S/C12H13F2NO2/c1-17-12(16)10-6-15-5-9(10)8-3-2-7(13)4-11(8)14/h2-4,9-10,15H,5-6H2,1H3/t9-,10-/m0/s1. The maximum absolute atomic E-state index is 13.6. The zero-order valence-corrected chi connectivity index (χ0v) is 9.37. The number of carbonyl (C=O) groups is 1. The van der Waals surface area contributed by atoms with Gasteiger partial charge in [-0.15, -0.1) is 0 Å². The van der Waals surface area contributed by atoms with E-state index < -0.39 is 17.6 Å². The van der Waals surface area contributed by atoms with Crippen LogP contribution in [0.15, 0.2) is 18.2 Å². The van der Waals surface area contributed by atoms with E-state index in [1.54, 1.807) is 0 Å². The molecule has 5 heteroatoms. The van der Waals surface area contributed by atoms with E-state index in [0.717, 1.165) is 6.07 Å². The number of hydrogen-bond acceptors (Lipinski definition) is 3. The maximum atomic E-state index is 13.6. The fraction of sp³-hybridized carbons (Fsp3) is 0.417. The first kappa shape index (κ1) is 12.0. The van der Waals surface area contributed by atoms with Gasteiger partial charge in [0.15, 0.2) is 0 Å². The Balaban J connectivity index is 2.29. The molecule has 2 atom stereocenters. The molecule has 0 amide bonds. The van der Waals surface area contributed by atoms with Crippen LogP contribution in [0.1, 0.15) is 11.5 Å². The predicted molar refractivity (Wildman–Crippen MR) is 57.5 cm³/mol. The van der Waals surface area contributed by atoms with Gasteiger partial charge < -0.3 is 10.1 Å². The van der Waals surface area contributed by atoms with Crippen LogP contribution in [0, 0.1) is 17.6 Å². The average Bonchev–Trinajstić information content (AvgIpc) is 2.77. The highest BCUT2D eigenvalue weighted by Gasteiger charge is 2.36. The maximum Gasteiger partial charge on any atom is 0.310 e. The van der Waals surface area contributed by atoms with Crippen LogP contribution in [0.4, 0.5) is 8.78 Å². The molecule has 2 rings (SSSR count). The van der Waals surface area contributed by atoms with Crippen molar-refractivity contribution >= 4 is 5.97 Å². The minimum absolute atomic E-state index is 0.303. The van der Waals surface area contributed by atoms with Crippen molar-refractivity contribution in [2.45, 2.75) is 5.92 Å². The lowest BCUT2D eigenvalue weighted by Gasteiger charge is -2.17. The van der Waals surface area contributed by atoms with Gasteiger partial charge in [-0.05, 0) is 11.6 Å². The average molecular weight is 241 g/mol. The summed E-state index contributed by atoms with van der Waals surface area (Å²) in [5, 5.41) is 3.02. The van der Waals surface area contributed by atoms with Crippen LogP contribution < -0.4 is 5.32 Å². The normalized spacial score (nSPS) is 23.7. The molecule has 0 unspecified atom stereocenters. The van der Waals surface area contributed by atoms with Crippen LogP contribution in [0.3, 0.4) is 0 Å².